The van der Waals surface area contributed by atoms with Crippen molar-refractivity contribution in [3.8, 4) is 5.75 Å². The van der Waals surface area contributed by atoms with Gasteiger partial charge in [-0.15, -0.1) is 0 Å². The first-order chi connectivity index (χ1) is 5.66. The SMILES string of the molecule is COc1cccc(F)c1C(=N)N. The highest BCUT2D eigenvalue weighted by atomic mass is 19.1. The third kappa shape index (κ3) is 1.37. The maximum atomic E-state index is 13.0. The Morgan fingerprint density at radius 1 is 1.58 bits per heavy atom. The summed E-state index contributed by atoms with van der Waals surface area (Å²) >= 11 is 0. The molecule has 1 aromatic rings. The summed E-state index contributed by atoms with van der Waals surface area (Å²) in [6.07, 6.45) is 0. The molecule has 0 amide bonds. The van der Waals surface area contributed by atoms with Crippen molar-refractivity contribution in [1.82, 2.24) is 0 Å². The Bertz CT molecular complexity index is 312. The number of hydrogen-bond acceptors (Lipinski definition) is 2. The first kappa shape index (κ1) is 8.52. The number of rotatable bonds is 2. The van der Waals surface area contributed by atoms with E-state index in [1.54, 1.807) is 6.07 Å². The number of nitrogens with two attached hydrogens (primary N) is 1. The van der Waals surface area contributed by atoms with Crippen molar-refractivity contribution in [2.24, 2.45) is 5.73 Å². The summed E-state index contributed by atoms with van der Waals surface area (Å²) in [6, 6.07) is 4.29. The fraction of sp³-hybridized carbons (Fsp3) is 0.125. The van der Waals surface area contributed by atoms with Crippen molar-refractivity contribution in [3.05, 3.63) is 29.6 Å². The van der Waals surface area contributed by atoms with Gasteiger partial charge in [-0.3, -0.25) is 5.41 Å². The summed E-state index contributed by atoms with van der Waals surface area (Å²) in [5.74, 6) is -0.589. The van der Waals surface area contributed by atoms with E-state index >= 15 is 0 Å². The molecular formula is C8H9FN2O. The van der Waals surface area contributed by atoms with Gasteiger partial charge in [0.05, 0.1) is 12.7 Å². The molecule has 0 spiro atoms. The molecule has 0 unspecified atom stereocenters. The molecule has 0 fully saturated rings. The second-order valence-corrected chi connectivity index (χ2v) is 2.23. The minimum atomic E-state index is -0.540. The van der Waals surface area contributed by atoms with Crippen molar-refractivity contribution in [2.75, 3.05) is 7.11 Å². The molecule has 1 aromatic carbocycles. The molecule has 0 bridgehead atoms. The smallest absolute Gasteiger partial charge is 0.137 e. The van der Waals surface area contributed by atoms with Gasteiger partial charge in [-0.05, 0) is 12.1 Å². The van der Waals surface area contributed by atoms with Crippen LogP contribution in [0.2, 0.25) is 0 Å². The van der Waals surface area contributed by atoms with Crippen molar-refractivity contribution in [1.29, 1.82) is 5.41 Å². The van der Waals surface area contributed by atoms with E-state index in [4.69, 9.17) is 15.9 Å². The maximum Gasteiger partial charge on any atom is 0.137 e. The summed E-state index contributed by atoms with van der Waals surface area (Å²) in [5, 5.41) is 7.08. The van der Waals surface area contributed by atoms with Gasteiger partial charge in [0.1, 0.15) is 17.4 Å². The Morgan fingerprint density at radius 3 is 2.67 bits per heavy atom. The van der Waals surface area contributed by atoms with Crippen LogP contribution in [0, 0.1) is 11.2 Å². The summed E-state index contributed by atoms with van der Waals surface area (Å²) in [5.41, 5.74) is 5.17. The molecule has 0 radical (unpaired) electrons. The quantitative estimate of drug-likeness (QED) is 0.513. The van der Waals surface area contributed by atoms with E-state index < -0.39 is 5.82 Å². The average Bonchev–Trinajstić information content (AvgIpc) is 2.03. The standard InChI is InChI=1S/C8H9FN2O/c1-12-6-4-2-3-5(9)7(6)8(10)11/h2-4H,1H3,(H3,10,11). The Kier molecular flexibility index (Phi) is 2.28. The average molecular weight is 168 g/mol. The predicted octanol–water partition coefficient (Wildman–Crippen LogP) is 1.12. The summed E-state index contributed by atoms with van der Waals surface area (Å²) < 4.78 is 17.8. The van der Waals surface area contributed by atoms with E-state index in [1.165, 1.54) is 19.2 Å². The summed E-state index contributed by atoms with van der Waals surface area (Å²) in [7, 11) is 1.40. The molecule has 0 aromatic heterocycles. The zero-order valence-electron chi connectivity index (χ0n) is 6.60. The number of nitrogens with one attached hydrogen (secondary N) is 1. The number of hydrogen-bond donors (Lipinski definition) is 2. The van der Waals surface area contributed by atoms with Crippen molar-refractivity contribution < 1.29 is 9.13 Å². The topological polar surface area (TPSA) is 59.1 Å². The lowest BCUT2D eigenvalue weighted by molar-refractivity contribution is 0.410. The lowest BCUT2D eigenvalue weighted by Gasteiger charge is -2.06. The van der Waals surface area contributed by atoms with Gasteiger partial charge in [0, 0.05) is 0 Å². The largest absolute Gasteiger partial charge is 0.496 e. The number of benzene rings is 1. The molecule has 0 heterocycles. The number of methoxy groups -OCH3 is 1. The van der Waals surface area contributed by atoms with Crippen LogP contribution in [0.5, 0.6) is 5.75 Å². The lowest BCUT2D eigenvalue weighted by Crippen LogP contribution is -2.14. The van der Waals surface area contributed by atoms with Gasteiger partial charge in [-0.25, -0.2) is 4.39 Å². The Balaban J connectivity index is 3.29. The Labute approximate surface area is 69.5 Å². The minimum absolute atomic E-state index is 0.0139. The molecule has 3 N–H and O–H groups in total. The minimum Gasteiger partial charge on any atom is -0.496 e. The first-order valence-corrected chi connectivity index (χ1v) is 3.33. The van der Waals surface area contributed by atoms with E-state index in [1.807, 2.05) is 0 Å². The van der Waals surface area contributed by atoms with Crippen LogP contribution < -0.4 is 10.5 Å². The number of nitrogen functional groups attached to an aromatic ring is 1. The molecule has 3 nitrogen and oxygen atoms in total. The van der Waals surface area contributed by atoms with Crippen molar-refractivity contribution in [3.63, 3.8) is 0 Å². The molecular weight excluding hydrogens is 159 g/mol. The van der Waals surface area contributed by atoms with Crippen LogP contribution in [0.4, 0.5) is 4.39 Å². The summed E-state index contributed by atoms with van der Waals surface area (Å²) in [6.45, 7) is 0. The fourth-order valence-corrected chi connectivity index (χ4v) is 0.936. The molecule has 12 heavy (non-hydrogen) atoms. The Hall–Kier alpha value is -1.58. The molecule has 0 atom stereocenters. The van der Waals surface area contributed by atoms with E-state index in [0.29, 0.717) is 0 Å². The Morgan fingerprint density at radius 2 is 2.25 bits per heavy atom. The number of halogens is 1. The first-order valence-electron chi connectivity index (χ1n) is 3.33. The van der Waals surface area contributed by atoms with Crippen molar-refractivity contribution >= 4 is 5.84 Å². The molecule has 0 aliphatic heterocycles. The zero-order chi connectivity index (χ0) is 9.14. The maximum absolute atomic E-state index is 13.0. The monoisotopic (exact) mass is 168 g/mol. The van der Waals surface area contributed by atoms with Crippen LogP contribution in [-0.2, 0) is 0 Å². The molecule has 0 aliphatic carbocycles. The van der Waals surface area contributed by atoms with Crippen LogP contribution in [0.25, 0.3) is 0 Å². The third-order valence-corrected chi connectivity index (χ3v) is 1.46. The highest BCUT2D eigenvalue weighted by molar-refractivity contribution is 5.97. The number of ether oxygens (including phenoxy) is 1. The molecule has 1 rings (SSSR count). The van der Waals surface area contributed by atoms with Crippen LogP contribution in [0.3, 0.4) is 0 Å². The van der Waals surface area contributed by atoms with Gasteiger partial charge in [0.15, 0.2) is 0 Å². The van der Waals surface area contributed by atoms with Gasteiger partial charge in [-0.1, -0.05) is 6.07 Å². The molecule has 0 saturated heterocycles. The van der Waals surface area contributed by atoms with E-state index in [9.17, 15) is 4.39 Å². The predicted molar refractivity (Wildman–Crippen MR) is 44.0 cm³/mol. The van der Waals surface area contributed by atoms with Crippen LogP contribution in [-0.4, -0.2) is 12.9 Å². The van der Waals surface area contributed by atoms with Crippen LogP contribution >= 0.6 is 0 Å². The van der Waals surface area contributed by atoms with E-state index in [0.717, 1.165) is 0 Å². The molecule has 0 saturated carbocycles. The van der Waals surface area contributed by atoms with Crippen molar-refractivity contribution in [2.45, 2.75) is 0 Å². The molecule has 4 heteroatoms. The molecule has 0 aliphatic rings. The van der Waals surface area contributed by atoms with E-state index in [-0.39, 0.29) is 17.1 Å². The number of amidine groups is 1. The zero-order valence-corrected chi connectivity index (χ0v) is 6.60. The van der Waals surface area contributed by atoms with Gasteiger partial charge in [0.2, 0.25) is 0 Å². The fourth-order valence-electron chi connectivity index (χ4n) is 0.936. The second-order valence-electron chi connectivity index (χ2n) is 2.23. The van der Waals surface area contributed by atoms with E-state index in [2.05, 4.69) is 0 Å². The lowest BCUT2D eigenvalue weighted by atomic mass is 10.2. The van der Waals surface area contributed by atoms with Gasteiger partial charge in [0.25, 0.3) is 0 Å². The van der Waals surface area contributed by atoms with Crippen LogP contribution in [0.15, 0.2) is 18.2 Å². The second kappa shape index (κ2) is 3.21. The highest BCUT2D eigenvalue weighted by Crippen LogP contribution is 2.19. The van der Waals surface area contributed by atoms with Gasteiger partial charge < -0.3 is 10.5 Å². The molecule has 64 valence electrons. The van der Waals surface area contributed by atoms with Gasteiger partial charge >= 0.3 is 0 Å². The third-order valence-electron chi connectivity index (χ3n) is 1.46. The van der Waals surface area contributed by atoms with Gasteiger partial charge in [-0.2, -0.15) is 0 Å². The highest BCUT2D eigenvalue weighted by Gasteiger charge is 2.10. The summed E-state index contributed by atoms with van der Waals surface area (Å²) in [4.78, 5) is 0. The normalized spacial score (nSPS) is 9.50. The van der Waals surface area contributed by atoms with Crippen LogP contribution in [0.1, 0.15) is 5.56 Å².